The number of halogens is 2. The van der Waals surface area contributed by atoms with Crippen molar-refractivity contribution >= 4 is 17.5 Å². The molecule has 0 heterocycles. The van der Waals surface area contributed by atoms with Gasteiger partial charge in [0, 0.05) is 38.1 Å². The fraction of sp³-hybridized carbons (Fsp3) is 0.773. The van der Waals surface area contributed by atoms with Crippen LogP contribution in [0.25, 0.3) is 0 Å². The van der Waals surface area contributed by atoms with E-state index in [2.05, 4.69) is 5.32 Å². The molecule has 0 spiro atoms. The molecule has 166 valence electrons. The molecule has 1 fully saturated rings. The molecule has 1 aliphatic carbocycles. The Morgan fingerprint density at radius 2 is 1.93 bits per heavy atom. The maximum atomic E-state index is 13.9. The van der Waals surface area contributed by atoms with Crippen LogP contribution in [0.5, 0.6) is 0 Å². The second-order valence-electron chi connectivity index (χ2n) is 7.83. The van der Waals surface area contributed by atoms with Gasteiger partial charge in [-0.3, -0.25) is 14.4 Å². The molecule has 1 unspecified atom stereocenters. The lowest BCUT2D eigenvalue weighted by Crippen LogP contribution is -2.30. The average molecular weight is 416 g/mol. The first-order valence-corrected chi connectivity index (χ1v) is 10.8. The number of Topliss-reactive ketones (excluding diaryl/α,β-unsaturated/α-hetero) is 2. The van der Waals surface area contributed by atoms with Gasteiger partial charge < -0.3 is 10.4 Å². The summed E-state index contributed by atoms with van der Waals surface area (Å²) in [5.41, 5.74) is 0. The predicted octanol–water partition coefficient (Wildman–Crippen LogP) is 3.98. The van der Waals surface area contributed by atoms with Gasteiger partial charge in [0.25, 0.3) is 0 Å². The van der Waals surface area contributed by atoms with Crippen LogP contribution in [-0.4, -0.2) is 41.2 Å². The van der Waals surface area contributed by atoms with Gasteiger partial charge in [0.1, 0.15) is 5.78 Å². The molecular weight excluding hydrogens is 380 g/mol. The zero-order chi connectivity index (χ0) is 21.9. The molecule has 1 aliphatic rings. The van der Waals surface area contributed by atoms with Gasteiger partial charge in [0.2, 0.25) is 11.7 Å². The Labute approximate surface area is 172 Å². The van der Waals surface area contributed by atoms with Crippen molar-refractivity contribution in [1.82, 2.24) is 5.32 Å². The van der Waals surface area contributed by atoms with Crippen molar-refractivity contribution in [3.63, 3.8) is 0 Å². The molecule has 5 nitrogen and oxygen atoms in total. The highest BCUT2D eigenvalue weighted by Gasteiger charge is 2.43. The number of hydrogen-bond donors (Lipinski definition) is 2. The van der Waals surface area contributed by atoms with Gasteiger partial charge in [-0.05, 0) is 44.9 Å². The van der Waals surface area contributed by atoms with Crippen molar-refractivity contribution in [2.45, 2.75) is 90.1 Å². The minimum atomic E-state index is -3.33. The zero-order valence-electron chi connectivity index (χ0n) is 17.6. The van der Waals surface area contributed by atoms with Crippen molar-refractivity contribution in [3.05, 3.63) is 12.2 Å². The lowest BCUT2D eigenvalue weighted by atomic mass is 9.86. The molecule has 1 rings (SSSR count). The second-order valence-corrected chi connectivity index (χ2v) is 7.83. The largest absolute Gasteiger partial charge is 0.392 e. The van der Waals surface area contributed by atoms with E-state index >= 15 is 0 Å². The number of rotatable bonds is 14. The molecule has 2 N–H and O–H groups in total. The molecule has 0 saturated heterocycles. The molecule has 29 heavy (non-hydrogen) atoms. The van der Waals surface area contributed by atoms with E-state index in [1.54, 1.807) is 6.92 Å². The molecule has 0 aromatic rings. The number of unbranched alkanes of at least 4 members (excludes halogenated alkanes) is 2. The monoisotopic (exact) mass is 415 g/mol. The summed E-state index contributed by atoms with van der Waals surface area (Å²) < 4.78 is 27.7. The second kappa shape index (κ2) is 12.8. The van der Waals surface area contributed by atoms with Crippen LogP contribution in [0.3, 0.4) is 0 Å². The Kier molecular flexibility index (Phi) is 11.2. The summed E-state index contributed by atoms with van der Waals surface area (Å²) in [7, 11) is 0. The molecule has 3 atom stereocenters. The molecule has 0 aliphatic heterocycles. The number of allylic oxidation sites excluding steroid dienone is 2. The first kappa shape index (κ1) is 25.4. The van der Waals surface area contributed by atoms with Crippen LogP contribution in [0.4, 0.5) is 8.78 Å². The Balaban J connectivity index is 2.48. The topological polar surface area (TPSA) is 83.5 Å². The number of carbonyl (C=O) groups excluding carboxylic acids is 3. The number of hydrogen-bond acceptors (Lipinski definition) is 4. The number of amides is 1. The van der Waals surface area contributed by atoms with E-state index in [9.17, 15) is 28.3 Å². The van der Waals surface area contributed by atoms with E-state index in [0.717, 1.165) is 0 Å². The molecule has 7 heteroatoms. The first-order chi connectivity index (χ1) is 13.7. The predicted molar refractivity (Wildman–Crippen MR) is 108 cm³/mol. The van der Waals surface area contributed by atoms with E-state index in [-0.39, 0.29) is 37.4 Å². The summed E-state index contributed by atoms with van der Waals surface area (Å²) in [6, 6.07) is 0. The highest BCUT2D eigenvalue weighted by Crippen LogP contribution is 2.36. The van der Waals surface area contributed by atoms with E-state index < -0.39 is 36.1 Å². The molecule has 1 saturated carbocycles. The normalized spacial score (nSPS) is 22.4. The van der Waals surface area contributed by atoms with Crippen LogP contribution in [0.2, 0.25) is 0 Å². The first-order valence-electron chi connectivity index (χ1n) is 10.8. The molecule has 1 amide bonds. The summed E-state index contributed by atoms with van der Waals surface area (Å²) in [5.74, 6) is -5.41. The maximum Gasteiger partial charge on any atom is 0.305 e. The molecule has 0 aromatic heterocycles. The number of carbonyl (C=O) groups is 3. The van der Waals surface area contributed by atoms with Crippen LogP contribution in [0.1, 0.15) is 78.1 Å². The van der Waals surface area contributed by atoms with Crippen molar-refractivity contribution in [2.24, 2.45) is 11.8 Å². The minimum Gasteiger partial charge on any atom is -0.392 e. The SMILES string of the molecule is CCCCC(F)(F)C(=O)CCC1[C@H](O)CC(=O)[C@@H]1C/C=C/CCCC(=O)NCC. The highest BCUT2D eigenvalue weighted by atomic mass is 19.3. The summed E-state index contributed by atoms with van der Waals surface area (Å²) in [4.78, 5) is 35.4. The van der Waals surface area contributed by atoms with Crippen LogP contribution in [0.15, 0.2) is 12.2 Å². The Bertz CT molecular complexity index is 577. The van der Waals surface area contributed by atoms with Crippen LogP contribution in [0, 0.1) is 11.8 Å². The van der Waals surface area contributed by atoms with Crippen LogP contribution >= 0.6 is 0 Å². The Morgan fingerprint density at radius 3 is 2.59 bits per heavy atom. The Hall–Kier alpha value is -1.63. The minimum absolute atomic E-state index is 0.00969. The van der Waals surface area contributed by atoms with Gasteiger partial charge in [-0.15, -0.1) is 0 Å². The van der Waals surface area contributed by atoms with Crippen LogP contribution < -0.4 is 5.32 Å². The zero-order valence-corrected chi connectivity index (χ0v) is 17.6. The number of nitrogens with one attached hydrogen (secondary N) is 1. The van der Waals surface area contributed by atoms with Crippen molar-refractivity contribution in [2.75, 3.05) is 6.54 Å². The standard InChI is InChI=1S/C22H35F2NO4/c1-3-5-14-22(23,24)20(28)13-12-17-16(18(26)15-19(17)27)10-8-6-7-9-11-21(29)25-4-2/h6,8,16-17,19,27H,3-5,7,9-15H2,1-2H3,(H,25,29)/b8-6+/t16-,17?,19-/m1/s1. The summed E-state index contributed by atoms with van der Waals surface area (Å²) in [5, 5.41) is 12.9. The summed E-state index contributed by atoms with van der Waals surface area (Å²) in [6.45, 7) is 4.26. The number of alkyl halides is 2. The quantitative estimate of drug-likeness (QED) is 0.332. The van der Waals surface area contributed by atoms with Gasteiger partial charge >= 0.3 is 5.92 Å². The lowest BCUT2D eigenvalue weighted by Gasteiger charge is -2.21. The third kappa shape index (κ3) is 8.72. The van der Waals surface area contributed by atoms with E-state index in [4.69, 9.17) is 0 Å². The summed E-state index contributed by atoms with van der Waals surface area (Å²) in [6.07, 6.45) is 5.37. The van der Waals surface area contributed by atoms with Gasteiger partial charge in [0.15, 0.2) is 0 Å². The fourth-order valence-corrected chi connectivity index (χ4v) is 3.76. The fourth-order valence-electron chi connectivity index (χ4n) is 3.76. The lowest BCUT2D eigenvalue weighted by molar-refractivity contribution is -0.144. The van der Waals surface area contributed by atoms with Gasteiger partial charge in [-0.25, -0.2) is 0 Å². The number of aliphatic hydroxyl groups is 1. The molecule has 0 aromatic carbocycles. The van der Waals surface area contributed by atoms with Crippen molar-refractivity contribution < 1.29 is 28.3 Å². The van der Waals surface area contributed by atoms with E-state index in [0.29, 0.717) is 38.6 Å². The summed E-state index contributed by atoms with van der Waals surface area (Å²) >= 11 is 0. The van der Waals surface area contributed by atoms with Crippen molar-refractivity contribution in [3.8, 4) is 0 Å². The smallest absolute Gasteiger partial charge is 0.305 e. The van der Waals surface area contributed by atoms with Gasteiger partial charge in [0.05, 0.1) is 6.10 Å². The maximum absolute atomic E-state index is 13.9. The molecule has 0 bridgehead atoms. The molecular formula is C22H35F2NO4. The van der Waals surface area contributed by atoms with E-state index in [1.807, 2.05) is 19.1 Å². The van der Waals surface area contributed by atoms with Crippen LogP contribution in [-0.2, 0) is 14.4 Å². The molecule has 0 radical (unpaired) electrons. The number of aliphatic hydroxyl groups excluding tert-OH is 1. The third-order valence-electron chi connectivity index (χ3n) is 5.50. The highest BCUT2D eigenvalue weighted by molar-refractivity contribution is 5.86. The van der Waals surface area contributed by atoms with E-state index in [1.165, 1.54) is 0 Å². The average Bonchev–Trinajstić information content (AvgIpc) is 2.93. The van der Waals surface area contributed by atoms with Gasteiger partial charge in [-0.1, -0.05) is 25.5 Å². The Morgan fingerprint density at radius 1 is 1.21 bits per heavy atom. The van der Waals surface area contributed by atoms with Crippen molar-refractivity contribution in [1.29, 1.82) is 0 Å². The number of ketones is 2. The third-order valence-corrected chi connectivity index (χ3v) is 5.50. The van der Waals surface area contributed by atoms with Gasteiger partial charge in [-0.2, -0.15) is 8.78 Å².